The topological polar surface area (TPSA) is 20.3 Å². The summed E-state index contributed by atoms with van der Waals surface area (Å²) in [6, 6.07) is 5.34. The third-order valence-electron chi connectivity index (χ3n) is 3.42. The highest BCUT2D eigenvalue weighted by Gasteiger charge is 2.46. The second-order valence-electron chi connectivity index (χ2n) is 4.59. The summed E-state index contributed by atoms with van der Waals surface area (Å²) in [5, 5.41) is 0.607. The molecule has 1 aliphatic carbocycles. The van der Waals surface area contributed by atoms with Crippen LogP contribution in [0.4, 0.5) is 0 Å². The highest BCUT2D eigenvalue weighted by Crippen LogP contribution is 2.45. The summed E-state index contributed by atoms with van der Waals surface area (Å²) in [5.41, 5.74) is 0.675. The van der Waals surface area contributed by atoms with Crippen LogP contribution in [0.3, 0.4) is 0 Å². The predicted octanol–water partition coefficient (Wildman–Crippen LogP) is 3.19. The van der Waals surface area contributed by atoms with Gasteiger partial charge < -0.3 is 4.90 Å². The van der Waals surface area contributed by atoms with Crippen LogP contribution in [-0.2, 0) is 0 Å². The van der Waals surface area contributed by atoms with E-state index in [1.54, 1.807) is 12.1 Å². The van der Waals surface area contributed by atoms with Crippen LogP contribution >= 0.6 is 27.5 Å². The van der Waals surface area contributed by atoms with E-state index in [1.807, 2.05) is 11.0 Å². The van der Waals surface area contributed by atoms with E-state index in [2.05, 4.69) is 15.9 Å². The maximum absolute atomic E-state index is 12.2. The largest absolute Gasteiger partial charge is 0.338 e. The molecule has 0 N–H and O–H groups in total. The molecule has 0 spiro atoms. The van der Waals surface area contributed by atoms with E-state index < -0.39 is 0 Å². The zero-order valence-electron chi connectivity index (χ0n) is 8.62. The zero-order chi connectivity index (χ0) is 11.3. The standard InChI is InChI=1S/C12H11BrClNO/c13-11-2-1-9(14)4-10(11)12(16)15-5-7-3-8(7)6-15/h1-2,4,7-8H,3,5-6H2. The van der Waals surface area contributed by atoms with Crippen LogP contribution < -0.4 is 0 Å². The van der Waals surface area contributed by atoms with Gasteiger partial charge in [-0.2, -0.15) is 0 Å². The fraction of sp³-hybridized carbons (Fsp3) is 0.417. The number of nitrogens with zero attached hydrogens (tertiary/aromatic N) is 1. The normalized spacial score (nSPS) is 26.8. The van der Waals surface area contributed by atoms with Gasteiger partial charge in [0.2, 0.25) is 0 Å². The highest BCUT2D eigenvalue weighted by molar-refractivity contribution is 9.10. The quantitative estimate of drug-likeness (QED) is 0.780. The Bertz CT molecular complexity index is 452. The Balaban J connectivity index is 1.85. The number of carbonyl (C=O) groups excluding carboxylic acids is 1. The summed E-state index contributed by atoms with van der Waals surface area (Å²) in [5.74, 6) is 1.63. The monoisotopic (exact) mass is 299 g/mol. The average molecular weight is 301 g/mol. The van der Waals surface area contributed by atoms with E-state index in [9.17, 15) is 4.79 Å². The maximum Gasteiger partial charge on any atom is 0.255 e. The Hall–Kier alpha value is -0.540. The van der Waals surface area contributed by atoms with E-state index in [4.69, 9.17) is 11.6 Å². The number of amides is 1. The first-order chi connectivity index (χ1) is 7.65. The SMILES string of the molecule is O=C(c1cc(Cl)ccc1Br)N1CC2CC2C1. The van der Waals surface area contributed by atoms with Gasteiger partial charge in [0.05, 0.1) is 5.56 Å². The van der Waals surface area contributed by atoms with Crippen molar-refractivity contribution in [1.29, 1.82) is 0 Å². The third-order valence-corrected chi connectivity index (χ3v) is 4.35. The van der Waals surface area contributed by atoms with Gasteiger partial charge in [0.1, 0.15) is 0 Å². The molecule has 2 unspecified atom stereocenters. The molecule has 2 nitrogen and oxygen atoms in total. The van der Waals surface area contributed by atoms with Gasteiger partial charge in [0.25, 0.3) is 5.91 Å². The van der Waals surface area contributed by atoms with Crippen molar-refractivity contribution in [2.45, 2.75) is 6.42 Å². The lowest BCUT2D eigenvalue weighted by Gasteiger charge is -2.18. The van der Waals surface area contributed by atoms with Crippen molar-refractivity contribution in [2.24, 2.45) is 11.8 Å². The molecule has 2 atom stereocenters. The molecule has 2 aliphatic rings. The molecule has 0 aromatic heterocycles. The number of likely N-dealkylation sites (tertiary alicyclic amines) is 1. The van der Waals surface area contributed by atoms with E-state index in [-0.39, 0.29) is 5.91 Å². The van der Waals surface area contributed by atoms with E-state index in [0.29, 0.717) is 10.6 Å². The lowest BCUT2D eigenvalue weighted by atomic mass is 10.2. The van der Waals surface area contributed by atoms with Crippen molar-refractivity contribution in [2.75, 3.05) is 13.1 Å². The molecule has 1 saturated heterocycles. The minimum atomic E-state index is 0.0987. The first-order valence-electron chi connectivity index (χ1n) is 5.39. The molecule has 1 aliphatic heterocycles. The second-order valence-corrected chi connectivity index (χ2v) is 5.88. The summed E-state index contributed by atoms with van der Waals surface area (Å²) in [6.07, 6.45) is 1.31. The number of hydrogen-bond acceptors (Lipinski definition) is 1. The molecule has 0 bridgehead atoms. The van der Waals surface area contributed by atoms with E-state index in [1.165, 1.54) is 6.42 Å². The summed E-state index contributed by atoms with van der Waals surface area (Å²) in [4.78, 5) is 14.2. The first kappa shape index (κ1) is 10.6. The number of halogens is 2. The minimum absolute atomic E-state index is 0.0987. The van der Waals surface area contributed by atoms with Gasteiger partial charge in [0, 0.05) is 22.6 Å². The third kappa shape index (κ3) is 1.76. The van der Waals surface area contributed by atoms with Gasteiger partial charge >= 0.3 is 0 Å². The average Bonchev–Trinajstić information content (AvgIpc) is 2.88. The lowest BCUT2D eigenvalue weighted by Crippen LogP contribution is -2.30. The van der Waals surface area contributed by atoms with Gasteiger partial charge in [-0.05, 0) is 52.4 Å². The van der Waals surface area contributed by atoms with Gasteiger partial charge in [-0.25, -0.2) is 0 Å². The highest BCUT2D eigenvalue weighted by atomic mass is 79.9. The molecule has 84 valence electrons. The number of piperidine rings is 1. The summed E-state index contributed by atoms with van der Waals surface area (Å²) >= 11 is 9.31. The molecule has 0 radical (unpaired) electrons. The molecule has 1 aromatic carbocycles. The Morgan fingerprint density at radius 2 is 2.06 bits per heavy atom. The van der Waals surface area contributed by atoms with E-state index >= 15 is 0 Å². The number of hydrogen-bond donors (Lipinski definition) is 0. The molecule has 4 heteroatoms. The summed E-state index contributed by atoms with van der Waals surface area (Å²) in [6.45, 7) is 1.84. The van der Waals surface area contributed by atoms with Crippen molar-refractivity contribution in [1.82, 2.24) is 4.90 Å². The molecule has 2 fully saturated rings. The van der Waals surface area contributed by atoms with Gasteiger partial charge in [0.15, 0.2) is 0 Å². The van der Waals surface area contributed by atoms with E-state index in [0.717, 1.165) is 29.4 Å². The number of carbonyl (C=O) groups is 1. The number of fused-ring (bicyclic) bond motifs is 1. The van der Waals surface area contributed by atoms with Crippen molar-refractivity contribution < 1.29 is 4.79 Å². The predicted molar refractivity (Wildman–Crippen MR) is 66.7 cm³/mol. The molecule has 1 heterocycles. The first-order valence-corrected chi connectivity index (χ1v) is 6.56. The fourth-order valence-electron chi connectivity index (χ4n) is 2.40. The van der Waals surface area contributed by atoms with Crippen LogP contribution in [0.25, 0.3) is 0 Å². The van der Waals surface area contributed by atoms with Gasteiger partial charge in [-0.15, -0.1) is 0 Å². The van der Waals surface area contributed by atoms with Gasteiger partial charge in [-0.3, -0.25) is 4.79 Å². The minimum Gasteiger partial charge on any atom is -0.338 e. The Labute approximate surface area is 108 Å². The van der Waals surface area contributed by atoms with Crippen molar-refractivity contribution >= 4 is 33.4 Å². The van der Waals surface area contributed by atoms with Crippen molar-refractivity contribution in [3.63, 3.8) is 0 Å². The molecule has 16 heavy (non-hydrogen) atoms. The number of benzene rings is 1. The molecule has 3 rings (SSSR count). The Kier molecular flexibility index (Phi) is 2.48. The van der Waals surface area contributed by atoms with Crippen LogP contribution in [0.15, 0.2) is 22.7 Å². The lowest BCUT2D eigenvalue weighted by molar-refractivity contribution is 0.0774. The zero-order valence-corrected chi connectivity index (χ0v) is 11.0. The molecular weight excluding hydrogens is 289 g/mol. The molecular formula is C12H11BrClNO. The van der Waals surface area contributed by atoms with Crippen LogP contribution in [-0.4, -0.2) is 23.9 Å². The Morgan fingerprint density at radius 3 is 2.75 bits per heavy atom. The second kappa shape index (κ2) is 3.74. The Morgan fingerprint density at radius 1 is 1.38 bits per heavy atom. The smallest absolute Gasteiger partial charge is 0.255 e. The molecule has 1 amide bonds. The van der Waals surface area contributed by atoms with Crippen molar-refractivity contribution in [3.05, 3.63) is 33.3 Å². The molecule has 1 aromatic rings. The molecule has 1 saturated carbocycles. The summed E-state index contributed by atoms with van der Waals surface area (Å²) < 4.78 is 0.822. The maximum atomic E-state index is 12.2. The summed E-state index contributed by atoms with van der Waals surface area (Å²) in [7, 11) is 0. The van der Waals surface area contributed by atoms with Crippen LogP contribution in [0.1, 0.15) is 16.8 Å². The van der Waals surface area contributed by atoms with Gasteiger partial charge in [-0.1, -0.05) is 11.6 Å². The van der Waals surface area contributed by atoms with Crippen molar-refractivity contribution in [3.8, 4) is 0 Å². The van der Waals surface area contributed by atoms with Crippen LogP contribution in [0, 0.1) is 11.8 Å². The number of rotatable bonds is 1. The van der Waals surface area contributed by atoms with Crippen LogP contribution in [0.2, 0.25) is 5.02 Å². The fourth-order valence-corrected chi connectivity index (χ4v) is 2.98. The van der Waals surface area contributed by atoms with Crippen LogP contribution in [0.5, 0.6) is 0 Å².